The topological polar surface area (TPSA) is 55.2 Å². The fourth-order valence-corrected chi connectivity index (χ4v) is 4.77. The van der Waals surface area contributed by atoms with E-state index in [1.165, 1.54) is 10.7 Å². The van der Waals surface area contributed by atoms with Crippen LogP contribution in [0.5, 0.6) is 0 Å². The Bertz CT molecular complexity index is 970. The summed E-state index contributed by atoms with van der Waals surface area (Å²) < 4.78 is 14.9. The van der Waals surface area contributed by atoms with Crippen molar-refractivity contribution in [3.05, 3.63) is 62.8 Å². The van der Waals surface area contributed by atoms with Crippen molar-refractivity contribution in [3.63, 3.8) is 0 Å². The number of rotatable bonds is 3. The number of nitrogens with zero attached hydrogens (tertiary/aromatic N) is 3. The molecule has 1 amide bonds. The number of benzene rings is 1. The predicted molar refractivity (Wildman–Crippen MR) is 105 cm³/mol. The summed E-state index contributed by atoms with van der Waals surface area (Å²) in [5.74, 6) is 0.146. The van der Waals surface area contributed by atoms with E-state index in [1.54, 1.807) is 13.0 Å². The Hall–Kier alpha value is -2.50. The van der Waals surface area contributed by atoms with Gasteiger partial charge in [-0.05, 0) is 75.1 Å². The molecule has 0 radical (unpaired) electrons. The Morgan fingerprint density at radius 1 is 1.11 bits per heavy atom. The minimum atomic E-state index is -0.236. The smallest absolute Gasteiger partial charge is 0.267 e. The van der Waals surface area contributed by atoms with E-state index in [1.807, 2.05) is 30.9 Å². The van der Waals surface area contributed by atoms with Gasteiger partial charge in [0.15, 0.2) is 0 Å². The lowest BCUT2D eigenvalue weighted by molar-refractivity contribution is -0.136. The lowest BCUT2D eigenvalue weighted by Crippen LogP contribution is -2.48. The number of piperidine rings is 1. The van der Waals surface area contributed by atoms with Crippen LogP contribution in [0.4, 0.5) is 4.39 Å². The molecule has 3 atom stereocenters. The molecule has 4 rings (SSSR count). The summed E-state index contributed by atoms with van der Waals surface area (Å²) in [4.78, 5) is 27.2. The van der Waals surface area contributed by atoms with Crippen LogP contribution < -0.4 is 5.56 Å². The van der Waals surface area contributed by atoms with Crippen LogP contribution in [0.15, 0.2) is 29.1 Å². The standard InChI is InChI=1S/C22H26FN3O2/c1-13-9-21(27)25(24-15(13)3)12-22(28)26-18-5-6-19(26)11-17(10-18)16-4-7-20(23)14(2)8-16/h4,7-9,17-19H,5-6,10-12H2,1-3H3/t17?,18-,19+. The normalized spacial score (nSPS) is 23.9. The highest BCUT2D eigenvalue weighted by atomic mass is 19.1. The van der Waals surface area contributed by atoms with Gasteiger partial charge in [0.2, 0.25) is 5.91 Å². The molecular formula is C22H26FN3O2. The van der Waals surface area contributed by atoms with Crippen molar-refractivity contribution in [3.8, 4) is 0 Å². The van der Waals surface area contributed by atoms with Gasteiger partial charge in [0.05, 0.1) is 5.69 Å². The van der Waals surface area contributed by atoms with Crippen LogP contribution in [-0.2, 0) is 11.3 Å². The molecule has 0 saturated carbocycles. The Morgan fingerprint density at radius 2 is 1.79 bits per heavy atom. The molecule has 2 aliphatic rings. The first-order chi connectivity index (χ1) is 13.3. The second-order valence-corrected chi connectivity index (χ2v) is 8.27. The quantitative estimate of drug-likeness (QED) is 0.818. The summed E-state index contributed by atoms with van der Waals surface area (Å²) in [7, 11) is 0. The molecule has 2 aliphatic heterocycles. The zero-order chi connectivity index (χ0) is 20.0. The summed E-state index contributed by atoms with van der Waals surface area (Å²) in [5, 5.41) is 4.28. The Kier molecular flexibility index (Phi) is 4.81. The van der Waals surface area contributed by atoms with Gasteiger partial charge in [-0.2, -0.15) is 5.10 Å². The highest BCUT2D eigenvalue weighted by Crippen LogP contribution is 2.43. The van der Waals surface area contributed by atoms with Crippen molar-refractivity contribution in [1.29, 1.82) is 0 Å². The van der Waals surface area contributed by atoms with Crippen molar-refractivity contribution in [2.75, 3.05) is 0 Å². The largest absolute Gasteiger partial charge is 0.335 e. The molecule has 2 fully saturated rings. The number of amides is 1. The van der Waals surface area contributed by atoms with Crippen molar-refractivity contribution in [2.45, 2.75) is 71.0 Å². The summed E-state index contributed by atoms with van der Waals surface area (Å²) >= 11 is 0. The third-order valence-corrected chi connectivity index (χ3v) is 6.40. The number of carbonyl (C=O) groups excluding carboxylic acids is 1. The molecule has 28 heavy (non-hydrogen) atoms. The molecule has 3 heterocycles. The van der Waals surface area contributed by atoms with E-state index in [0.29, 0.717) is 11.5 Å². The maximum atomic E-state index is 13.6. The molecule has 2 bridgehead atoms. The van der Waals surface area contributed by atoms with E-state index >= 15 is 0 Å². The van der Waals surface area contributed by atoms with Crippen LogP contribution in [0.1, 0.15) is 54.0 Å². The minimum Gasteiger partial charge on any atom is -0.335 e. The number of hydrogen-bond donors (Lipinski definition) is 0. The molecule has 5 nitrogen and oxygen atoms in total. The fourth-order valence-electron chi connectivity index (χ4n) is 4.77. The van der Waals surface area contributed by atoms with Gasteiger partial charge in [-0.1, -0.05) is 12.1 Å². The Balaban J connectivity index is 1.50. The van der Waals surface area contributed by atoms with Gasteiger partial charge in [0.25, 0.3) is 5.56 Å². The molecule has 1 aromatic heterocycles. The molecule has 1 aromatic carbocycles. The Labute approximate surface area is 164 Å². The van der Waals surface area contributed by atoms with Crippen LogP contribution in [0.2, 0.25) is 0 Å². The number of carbonyl (C=O) groups is 1. The SMILES string of the molecule is Cc1cc(C2C[C@H]3CC[C@@H](C2)N3C(=O)Cn2nc(C)c(C)cc2=O)ccc1F. The van der Waals surface area contributed by atoms with Crippen LogP contribution in [0.3, 0.4) is 0 Å². The third-order valence-electron chi connectivity index (χ3n) is 6.40. The van der Waals surface area contributed by atoms with E-state index in [9.17, 15) is 14.0 Å². The highest BCUT2D eigenvalue weighted by molar-refractivity contribution is 5.77. The van der Waals surface area contributed by atoms with Gasteiger partial charge in [0, 0.05) is 18.2 Å². The van der Waals surface area contributed by atoms with E-state index in [4.69, 9.17) is 0 Å². The summed E-state index contributed by atoms with van der Waals surface area (Å²) in [6, 6.07) is 7.26. The van der Waals surface area contributed by atoms with Crippen LogP contribution >= 0.6 is 0 Å². The molecule has 0 aliphatic carbocycles. The summed E-state index contributed by atoms with van der Waals surface area (Å²) in [6.45, 7) is 5.47. The van der Waals surface area contributed by atoms with Gasteiger partial charge in [-0.15, -0.1) is 0 Å². The van der Waals surface area contributed by atoms with Gasteiger partial charge >= 0.3 is 0 Å². The second-order valence-electron chi connectivity index (χ2n) is 8.27. The number of halogens is 1. The highest BCUT2D eigenvalue weighted by Gasteiger charge is 2.43. The first-order valence-electron chi connectivity index (χ1n) is 9.96. The number of fused-ring (bicyclic) bond motifs is 2. The van der Waals surface area contributed by atoms with Crippen LogP contribution in [-0.4, -0.2) is 32.7 Å². The van der Waals surface area contributed by atoms with Crippen molar-refractivity contribution in [1.82, 2.24) is 14.7 Å². The minimum absolute atomic E-state index is 0.00667. The molecule has 1 unspecified atom stereocenters. The lowest BCUT2D eigenvalue weighted by Gasteiger charge is -2.39. The molecule has 2 aromatic rings. The average molecular weight is 383 g/mol. The van der Waals surface area contributed by atoms with Crippen LogP contribution in [0, 0.1) is 26.6 Å². The van der Waals surface area contributed by atoms with Gasteiger partial charge in [-0.3, -0.25) is 9.59 Å². The summed E-state index contributed by atoms with van der Waals surface area (Å²) in [6.07, 6.45) is 3.76. The van der Waals surface area contributed by atoms with Crippen molar-refractivity contribution < 1.29 is 9.18 Å². The van der Waals surface area contributed by atoms with E-state index in [2.05, 4.69) is 5.10 Å². The van der Waals surface area contributed by atoms with Gasteiger partial charge in [-0.25, -0.2) is 9.07 Å². The Morgan fingerprint density at radius 3 is 2.43 bits per heavy atom. The number of aromatic nitrogens is 2. The number of aryl methyl sites for hydroxylation is 3. The zero-order valence-electron chi connectivity index (χ0n) is 16.6. The lowest BCUT2D eigenvalue weighted by atomic mass is 9.84. The number of hydrogen-bond acceptors (Lipinski definition) is 3. The fraction of sp³-hybridized carbons (Fsp3) is 0.500. The third kappa shape index (κ3) is 3.36. The van der Waals surface area contributed by atoms with E-state index < -0.39 is 0 Å². The molecule has 148 valence electrons. The molecule has 0 N–H and O–H groups in total. The average Bonchev–Trinajstić information content (AvgIpc) is 2.92. The zero-order valence-corrected chi connectivity index (χ0v) is 16.6. The maximum Gasteiger partial charge on any atom is 0.267 e. The van der Waals surface area contributed by atoms with Gasteiger partial charge < -0.3 is 4.90 Å². The summed E-state index contributed by atoms with van der Waals surface area (Å²) in [5.41, 5.74) is 3.20. The first kappa shape index (κ1) is 18.8. The monoisotopic (exact) mass is 383 g/mol. The molecule has 0 spiro atoms. The molecule has 2 saturated heterocycles. The van der Waals surface area contributed by atoms with Crippen molar-refractivity contribution in [2.24, 2.45) is 0 Å². The first-order valence-corrected chi connectivity index (χ1v) is 9.96. The van der Waals surface area contributed by atoms with E-state index in [0.717, 1.165) is 42.5 Å². The molecular weight excluding hydrogens is 357 g/mol. The van der Waals surface area contributed by atoms with E-state index in [-0.39, 0.29) is 35.9 Å². The second kappa shape index (κ2) is 7.15. The molecule has 6 heteroatoms. The predicted octanol–water partition coefficient (Wildman–Crippen LogP) is 3.24. The van der Waals surface area contributed by atoms with Gasteiger partial charge in [0.1, 0.15) is 12.4 Å². The maximum absolute atomic E-state index is 13.6. The van der Waals surface area contributed by atoms with Crippen LogP contribution in [0.25, 0.3) is 0 Å². The van der Waals surface area contributed by atoms with Crippen molar-refractivity contribution >= 4 is 5.91 Å².